The number of benzene rings is 1. The average Bonchev–Trinajstić information content (AvgIpc) is 3.04. The van der Waals surface area contributed by atoms with Gasteiger partial charge in [0.25, 0.3) is 0 Å². The Hall–Kier alpha value is -2.00. The second-order valence-electron chi connectivity index (χ2n) is 7.95. The maximum atomic E-state index is 13.1. The van der Waals surface area contributed by atoms with Crippen molar-refractivity contribution in [1.82, 2.24) is 14.9 Å². The van der Waals surface area contributed by atoms with E-state index in [0.717, 1.165) is 35.1 Å². The van der Waals surface area contributed by atoms with Gasteiger partial charge in [-0.05, 0) is 42.3 Å². The fraction of sp³-hybridized carbons (Fsp3) is 0.381. The minimum atomic E-state index is -4.60. The van der Waals surface area contributed by atoms with Crippen LogP contribution in [-0.4, -0.2) is 52.3 Å². The molecule has 164 valence electrons. The van der Waals surface area contributed by atoms with Gasteiger partial charge in [0, 0.05) is 47.3 Å². The molecule has 2 aliphatic rings. The molecule has 1 saturated heterocycles. The number of aliphatic hydroxyl groups excluding tert-OH is 1. The number of aromatic amines is 1. The molecule has 0 amide bonds. The first-order valence-electron chi connectivity index (χ1n) is 9.91. The molecule has 0 aliphatic carbocycles. The quantitative estimate of drug-likeness (QED) is 0.583. The zero-order chi connectivity index (χ0) is 21.9. The monoisotopic (exact) mass is 470 g/mol. The molecule has 0 saturated carbocycles. The molecule has 1 unspecified atom stereocenters. The SMILES string of the molecule is OCC1c2[nH]c3ccc(Cl)cc3c2CCN1C1CN(c2ccc(Cl)c(C(F)(F)F)n2)C1. The van der Waals surface area contributed by atoms with Crippen LogP contribution in [0, 0.1) is 0 Å². The van der Waals surface area contributed by atoms with Crippen molar-refractivity contribution < 1.29 is 18.3 Å². The van der Waals surface area contributed by atoms with E-state index < -0.39 is 16.9 Å². The van der Waals surface area contributed by atoms with Crippen LogP contribution in [0.4, 0.5) is 19.0 Å². The van der Waals surface area contributed by atoms with Crippen molar-refractivity contribution in [3.05, 3.63) is 57.3 Å². The average molecular weight is 471 g/mol. The van der Waals surface area contributed by atoms with E-state index in [2.05, 4.69) is 14.9 Å². The number of aliphatic hydroxyl groups is 1. The number of hydrogen-bond donors (Lipinski definition) is 2. The van der Waals surface area contributed by atoms with Crippen LogP contribution < -0.4 is 4.90 Å². The van der Waals surface area contributed by atoms with Crippen LogP contribution in [0.2, 0.25) is 10.0 Å². The Morgan fingerprint density at radius 1 is 1.16 bits per heavy atom. The number of halogens is 5. The molecule has 1 atom stereocenters. The van der Waals surface area contributed by atoms with E-state index in [9.17, 15) is 18.3 Å². The molecule has 31 heavy (non-hydrogen) atoms. The van der Waals surface area contributed by atoms with Crippen LogP contribution in [0.5, 0.6) is 0 Å². The molecule has 2 N–H and O–H groups in total. The lowest BCUT2D eigenvalue weighted by atomic mass is 9.94. The Morgan fingerprint density at radius 2 is 1.94 bits per heavy atom. The van der Waals surface area contributed by atoms with E-state index in [1.54, 1.807) is 4.90 Å². The van der Waals surface area contributed by atoms with Gasteiger partial charge in [0.15, 0.2) is 5.69 Å². The standard InChI is InChI=1S/C21H19Cl2F3N4O/c22-11-1-3-16-14(7-11)13-5-6-30(17(10-31)19(13)27-16)12-8-29(9-12)18-4-2-15(23)20(28-18)21(24,25)26/h1-4,7,12,17,27,31H,5-6,8-10H2. The smallest absolute Gasteiger partial charge is 0.394 e. The highest BCUT2D eigenvalue weighted by Gasteiger charge is 2.41. The van der Waals surface area contributed by atoms with Crippen molar-refractivity contribution in [3.8, 4) is 0 Å². The lowest BCUT2D eigenvalue weighted by molar-refractivity contribution is -0.141. The van der Waals surface area contributed by atoms with Gasteiger partial charge < -0.3 is 15.0 Å². The number of anilines is 1. The molecule has 5 rings (SSSR count). The largest absolute Gasteiger partial charge is 0.434 e. The highest BCUT2D eigenvalue weighted by Crippen LogP contribution is 2.39. The molecule has 2 aromatic heterocycles. The van der Waals surface area contributed by atoms with E-state index in [-0.39, 0.29) is 24.5 Å². The lowest BCUT2D eigenvalue weighted by Crippen LogP contribution is -2.62. The van der Waals surface area contributed by atoms with Crippen LogP contribution in [0.25, 0.3) is 10.9 Å². The number of aromatic nitrogens is 2. The van der Waals surface area contributed by atoms with Gasteiger partial charge in [-0.2, -0.15) is 13.2 Å². The number of H-pyrrole nitrogens is 1. The summed E-state index contributed by atoms with van der Waals surface area (Å²) in [5.74, 6) is 0.256. The molecule has 0 bridgehead atoms. The number of nitrogens with one attached hydrogen (secondary N) is 1. The second-order valence-corrected chi connectivity index (χ2v) is 8.79. The Labute approximate surface area is 186 Å². The van der Waals surface area contributed by atoms with Crippen molar-refractivity contribution in [3.63, 3.8) is 0 Å². The molecule has 10 heteroatoms. The minimum absolute atomic E-state index is 0.0541. The maximum absolute atomic E-state index is 13.1. The number of pyridine rings is 1. The van der Waals surface area contributed by atoms with Gasteiger partial charge >= 0.3 is 6.18 Å². The van der Waals surface area contributed by atoms with Crippen molar-refractivity contribution >= 4 is 39.9 Å². The molecule has 5 nitrogen and oxygen atoms in total. The molecular formula is C21H19Cl2F3N4O. The fourth-order valence-electron chi connectivity index (χ4n) is 4.65. The third-order valence-corrected chi connectivity index (χ3v) is 6.72. The van der Waals surface area contributed by atoms with E-state index in [1.807, 2.05) is 18.2 Å². The fourth-order valence-corrected chi connectivity index (χ4v) is 5.03. The summed E-state index contributed by atoms with van der Waals surface area (Å²) < 4.78 is 39.4. The summed E-state index contributed by atoms with van der Waals surface area (Å²) in [7, 11) is 0. The summed E-state index contributed by atoms with van der Waals surface area (Å²) in [6, 6.07) is 8.34. The topological polar surface area (TPSA) is 55.4 Å². The molecule has 0 radical (unpaired) electrons. The molecule has 2 aliphatic heterocycles. The summed E-state index contributed by atoms with van der Waals surface area (Å²) in [4.78, 5) is 11.2. The highest BCUT2D eigenvalue weighted by molar-refractivity contribution is 6.31. The minimum Gasteiger partial charge on any atom is -0.394 e. The van der Waals surface area contributed by atoms with Crippen LogP contribution in [0.15, 0.2) is 30.3 Å². The van der Waals surface area contributed by atoms with Crippen LogP contribution in [0.3, 0.4) is 0 Å². The molecule has 1 aromatic carbocycles. The number of alkyl halides is 3. The zero-order valence-corrected chi connectivity index (χ0v) is 17.8. The Balaban J connectivity index is 1.36. The van der Waals surface area contributed by atoms with E-state index in [1.165, 1.54) is 12.1 Å². The third kappa shape index (κ3) is 3.55. The van der Waals surface area contributed by atoms with Gasteiger partial charge in [-0.3, -0.25) is 4.90 Å². The molecule has 4 heterocycles. The van der Waals surface area contributed by atoms with Crippen molar-refractivity contribution in [1.29, 1.82) is 0 Å². The number of hydrogen-bond acceptors (Lipinski definition) is 4. The first-order chi connectivity index (χ1) is 14.8. The summed E-state index contributed by atoms with van der Waals surface area (Å²) in [6.07, 6.45) is -3.79. The van der Waals surface area contributed by atoms with E-state index >= 15 is 0 Å². The number of nitrogens with zero attached hydrogens (tertiary/aromatic N) is 3. The van der Waals surface area contributed by atoms with Gasteiger partial charge in [0.05, 0.1) is 17.7 Å². The summed E-state index contributed by atoms with van der Waals surface area (Å²) in [5.41, 5.74) is 2.06. The van der Waals surface area contributed by atoms with E-state index in [4.69, 9.17) is 23.2 Å². The molecule has 3 aromatic rings. The third-order valence-electron chi connectivity index (χ3n) is 6.18. The highest BCUT2D eigenvalue weighted by atomic mass is 35.5. The van der Waals surface area contributed by atoms with Gasteiger partial charge in [0.1, 0.15) is 5.82 Å². The zero-order valence-electron chi connectivity index (χ0n) is 16.3. The molecular weight excluding hydrogens is 452 g/mol. The van der Waals surface area contributed by atoms with Crippen LogP contribution in [0.1, 0.15) is 23.0 Å². The Bertz CT molecular complexity index is 1140. The molecule has 1 fully saturated rings. The van der Waals surface area contributed by atoms with Crippen LogP contribution >= 0.6 is 23.2 Å². The first-order valence-corrected chi connectivity index (χ1v) is 10.7. The predicted octanol–water partition coefficient (Wildman–Crippen LogP) is 4.67. The van der Waals surface area contributed by atoms with Crippen molar-refractivity contribution in [2.45, 2.75) is 24.7 Å². The van der Waals surface area contributed by atoms with Gasteiger partial charge in [-0.25, -0.2) is 4.98 Å². The van der Waals surface area contributed by atoms with Gasteiger partial charge in [-0.1, -0.05) is 23.2 Å². The summed E-state index contributed by atoms with van der Waals surface area (Å²) in [6.45, 7) is 1.76. The summed E-state index contributed by atoms with van der Waals surface area (Å²) in [5, 5.41) is 11.5. The molecule has 0 spiro atoms. The first kappa shape index (κ1) is 20.9. The number of fused-ring (bicyclic) bond motifs is 3. The Morgan fingerprint density at radius 3 is 2.65 bits per heavy atom. The number of rotatable bonds is 3. The van der Waals surface area contributed by atoms with Gasteiger partial charge in [-0.15, -0.1) is 0 Å². The van der Waals surface area contributed by atoms with Gasteiger partial charge in [0.2, 0.25) is 0 Å². The van der Waals surface area contributed by atoms with Crippen molar-refractivity contribution in [2.24, 2.45) is 0 Å². The second kappa shape index (κ2) is 7.55. The lowest BCUT2D eigenvalue weighted by Gasteiger charge is -2.49. The summed E-state index contributed by atoms with van der Waals surface area (Å²) >= 11 is 11.8. The predicted molar refractivity (Wildman–Crippen MR) is 114 cm³/mol. The van der Waals surface area contributed by atoms with Crippen LogP contribution in [-0.2, 0) is 12.6 Å². The maximum Gasteiger partial charge on any atom is 0.434 e. The Kier molecular flexibility index (Phi) is 5.08. The van der Waals surface area contributed by atoms with E-state index in [0.29, 0.717) is 18.1 Å². The van der Waals surface area contributed by atoms with Crippen molar-refractivity contribution in [2.75, 3.05) is 31.1 Å². The normalized spacial score (nSPS) is 20.2.